The molecule has 7 heteroatoms. The number of aliphatic hydroxyl groups excluding tert-OH is 1. The van der Waals surface area contributed by atoms with Gasteiger partial charge < -0.3 is 30.7 Å². The summed E-state index contributed by atoms with van der Waals surface area (Å²) in [5, 5.41) is 22.9. The zero-order valence-electron chi connectivity index (χ0n) is 13.5. The molecule has 5 N–H and O–H groups in total. The highest BCUT2D eigenvalue weighted by atomic mass is 16.6. The van der Waals surface area contributed by atoms with E-state index in [1.807, 2.05) is 24.3 Å². The highest BCUT2D eigenvalue weighted by molar-refractivity contribution is 5.95. The minimum Gasteiger partial charge on any atom is -0.507 e. The molecule has 1 aliphatic rings. The molecule has 2 atom stereocenters. The molecule has 1 aliphatic heterocycles. The zero-order valence-corrected chi connectivity index (χ0v) is 13.5. The van der Waals surface area contributed by atoms with Crippen molar-refractivity contribution in [1.82, 2.24) is 5.32 Å². The van der Waals surface area contributed by atoms with Gasteiger partial charge in [0.05, 0.1) is 11.7 Å². The Balaban J connectivity index is 1.53. The molecule has 0 spiro atoms. The van der Waals surface area contributed by atoms with Gasteiger partial charge in [0, 0.05) is 13.1 Å². The predicted molar refractivity (Wildman–Crippen MR) is 90.8 cm³/mol. The number of hydrogen-bond donors (Lipinski definition) is 4. The maximum atomic E-state index is 11.3. The van der Waals surface area contributed by atoms with E-state index >= 15 is 0 Å². The number of benzene rings is 2. The highest BCUT2D eigenvalue weighted by Gasteiger charge is 2.21. The molecule has 2 aromatic rings. The van der Waals surface area contributed by atoms with Gasteiger partial charge in [-0.2, -0.15) is 0 Å². The lowest BCUT2D eigenvalue weighted by molar-refractivity contribution is 0.0858. The molecule has 7 nitrogen and oxygen atoms in total. The van der Waals surface area contributed by atoms with Crippen LogP contribution in [0.5, 0.6) is 17.2 Å². The summed E-state index contributed by atoms with van der Waals surface area (Å²) in [6.07, 6.45) is -1.02. The second kappa shape index (κ2) is 7.42. The fourth-order valence-corrected chi connectivity index (χ4v) is 2.62. The molecule has 1 heterocycles. The Morgan fingerprint density at radius 1 is 1.28 bits per heavy atom. The Labute approximate surface area is 145 Å². The number of nitrogens with two attached hydrogens (primary N) is 1. The van der Waals surface area contributed by atoms with Crippen LogP contribution in [0.4, 0.5) is 0 Å². The number of carbonyl (C=O) groups excluding carboxylic acids is 1. The second-order valence-electron chi connectivity index (χ2n) is 5.81. The number of phenols is 1. The number of ether oxygens (including phenoxy) is 2. The number of carbonyl (C=O) groups is 1. The summed E-state index contributed by atoms with van der Waals surface area (Å²) in [4.78, 5) is 11.3. The predicted octanol–water partition coefficient (Wildman–Crippen LogP) is 0.954. The minimum absolute atomic E-state index is 0.0165. The van der Waals surface area contributed by atoms with E-state index in [1.165, 1.54) is 12.1 Å². The van der Waals surface area contributed by atoms with Crippen LogP contribution in [0.2, 0.25) is 0 Å². The molecule has 0 saturated carbocycles. The van der Waals surface area contributed by atoms with E-state index in [9.17, 15) is 15.0 Å². The standard InChI is InChI=1S/C18H20N2O5/c19-18(23)13-7-11(5-6-14(13)21)15(22)9-20-8-12-10-24-16-3-1-2-4-17(16)25-12/h1-7,12,15,20-22H,8-10H2,(H2,19,23). The van der Waals surface area contributed by atoms with Gasteiger partial charge in [-0.05, 0) is 29.8 Å². The smallest absolute Gasteiger partial charge is 0.252 e. The van der Waals surface area contributed by atoms with Crippen molar-refractivity contribution >= 4 is 5.91 Å². The van der Waals surface area contributed by atoms with Gasteiger partial charge in [-0.1, -0.05) is 18.2 Å². The van der Waals surface area contributed by atoms with Crippen LogP contribution in [0.25, 0.3) is 0 Å². The quantitative estimate of drug-likeness (QED) is 0.620. The van der Waals surface area contributed by atoms with Crippen LogP contribution in [0.1, 0.15) is 22.0 Å². The fourth-order valence-electron chi connectivity index (χ4n) is 2.62. The first-order valence-electron chi connectivity index (χ1n) is 7.94. The van der Waals surface area contributed by atoms with Gasteiger partial charge in [0.2, 0.25) is 0 Å². The molecule has 0 saturated heterocycles. The van der Waals surface area contributed by atoms with E-state index in [2.05, 4.69) is 5.32 Å². The minimum atomic E-state index is -0.851. The largest absolute Gasteiger partial charge is 0.507 e. The Morgan fingerprint density at radius 3 is 2.80 bits per heavy atom. The molecular formula is C18H20N2O5. The number of hydrogen-bond acceptors (Lipinski definition) is 6. The van der Waals surface area contributed by atoms with Crippen molar-refractivity contribution in [3.05, 3.63) is 53.6 Å². The van der Waals surface area contributed by atoms with Crippen LogP contribution in [-0.4, -0.2) is 41.9 Å². The van der Waals surface area contributed by atoms with E-state index in [1.54, 1.807) is 6.07 Å². The number of fused-ring (bicyclic) bond motifs is 1. The molecule has 0 aromatic heterocycles. The lowest BCUT2D eigenvalue weighted by atomic mass is 10.0. The second-order valence-corrected chi connectivity index (χ2v) is 5.81. The van der Waals surface area contributed by atoms with E-state index < -0.39 is 12.0 Å². The first-order chi connectivity index (χ1) is 12.0. The molecule has 0 aliphatic carbocycles. The molecule has 3 rings (SSSR count). The van der Waals surface area contributed by atoms with Crippen molar-refractivity contribution in [2.45, 2.75) is 12.2 Å². The first-order valence-corrected chi connectivity index (χ1v) is 7.94. The summed E-state index contributed by atoms with van der Waals surface area (Å²) in [5.74, 6) is 0.473. The van der Waals surface area contributed by atoms with Gasteiger partial charge >= 0.3 is 0 Å². The van der Waals surface area contributed by atoms with Crippen molar-refractivity contribution in [1.29, 1.82) is 0 Å². The molecule has 2 unspecified atom stereocenters. The van der Waals surface area contributed by atoms with Gasteiger partial charge in [-0.25, -0.2) is 0 Å². The molecule has 132 valence electrons. The van der Waals surface area contributed by atoms with Crippen molar-refractivity contribution < 1.29 is 24.5 Å². The third-order valence-electron chi connectivity index (χ3n) is 3.95. The average Bonchev–Trinajstić information content (AvgIpc) is 2.61. The Morgan fingerprint density at radius 2 is 2.04 bits per heavy atom. The first kappa shape index (κ1) is 17.1. The van der Waals surface area contributed by atoms with Crippen LogP contribution >= 0.6 is 0 Å². The fraction of sp³-hybridized carbons (Fsp3) is 0.278. The SMILES string of the molecule is NC(=O)c1cc(C(O)CNCC2COc3ccccc3O2)ccc1O. The molecule has 0 radical (unpaired) electrons. The molecular weight excluding hydrogens is 324 g/mol. The van der Waals surface area contributed by atoms with E-state index in [0.717, 1.165) is 5.75 Å². The highest BCUT2D eigenvalue weighted by Crippen LogP contribution is 2.30. The third-order valence-corrected chi connectivity index (χ3v) is 3.95. The monoisotopic (exact) mass is 344 g/mol. The number of nitrogens with one attached hydrogen (secondary N) is 1. The summed E-state index contributed by atoms with van der Waals surface area (Å²) in [5.41, 5.74) is 5.67. The van der Waals surface area contributed by atoms with Gasteiger partial charge in [-0.15, -0.1) is 0 Å². The Hall–Kier alpha value is -2.77. The number of amides is 1. The lowest BCUT2D eigenvalue weighted by Crippen LogP contribution is -2.39. The molecule has 1 amide bonds. The van der Waals surface area contributed by atoms with E-state index in [4.69, 9.17) is 15.2 Å². The van der Waals surface area contributed by atoms with Gasteiger partial charge in [0.1, 0.15) is 18.5 Å². The van der Waals surface area contributed by atoms with Crippen LogP contribution in [0, 0.1) is 0 Å². The van der Waals surface area contributed by atoms with Gasteiger partial charge in [-0.3, -0.25) is 4.79 Å². The summed E-state index contributed by atoms with van der Waals surface area (Å²) in [7, 11) is 0. The van der Waals surface area contributed by atoms with Crippen molar-refractivity contribution in [2.24, 2.45) is 5.73 Å². The van der Waals surface area contributed by atoms with Crippen molar-refractivity contribution in [2.75, 3.05) is 19.7 Å². The van der Waals surface area contributed by atoms with E-state index in [-0.39, 0.29) is 24.0 Å². The Kier molecular flexibility index (Phi) is 5.06. The Bertz CT molecular complexity index is 765. The zero-order chi connectivity index (χ0) is 17.8. The maximum absolute atomic E-state index is 11.3. The molecule has 0 fully saturated rings. The van der Waals surface area contributed by atoms with Crippen molar-refractivity contribution in [3.63, 3.8) is 0 Å². The van der Waals surface area contributed by atoms with Crippen LogP contribution < -0.4 is 20.5 Å². The lowest BCUT2D eigenvalue weighted by Gasteiger charge is -2.27. The number of primary amides is 1. The average molecular weight is 344 g/mol. The topological polar surface area (TPSA) is 114 Å². The van der Waals surface area contributed by atoms with Crippen molar-refractivity contribution in [3.8, 4) is 17.2 Å². The van der Waals surface area contributed by atoms with E-state index in [0.29, 0.717) is 24.5 Å². The number of aromatic hydroxyl groups is 1. The summed E-state index contributed by atoms with van der Waals surface area (Å²) in [6.45, 7) is 1.17. The molecule has 2 aromatic carbocycles. The summed E-state index contributed by atoms with van der Waals surface area (Å²) >= 11 is 0. The maximum Gasteiger partial charge on any atom is 0.252 e. The summed E-state index contributed by atoms with van der Waals surface area (Å²) in [6, 6.07) is 11.7. The number of aliphatic hydroxyl groups is 1. The molecule has 0 bridgehead atoms. The third kappa shape index (κ3) is 4.01. The molecule has 25 heavy (non-hydrogen) atoms. The summed E-state index contributed by atoms with van der Waals surface area (Å²) < 4.78 is 11.4. The van der Waals surface area contributed by atoms with Crippen LogP contribution in [0.3, 0.4) is 0 Å². The normalized spacial score (nSPS) is 17.1. The van der Waals surface area contributed by atoms with Gasteiger partial charge in [0.25, 0.3) is 5.91 Å². The van der Waals surface area contributed by atoms with Crippen LogP contribution in [-0.2, 0) is 0 Å². The number of para-hydroxylation sites is 2. The van der Waals surface area contributed by atoms with Crippen LogP contribution in [0.15, 0.2) is 42.5 Å². The number of rotatable bonds is 6. The van der Waals surface area contributed by atoms with Gasteiger partial charge in [0.15, 0.2) is 11.5 Å².